The lowest BCUT2D eigenvalue weighted by Crippen LogP contribution is -2.49. The van der Waals surface area contributed by atoms with Crippen LogP contribution >= 0.6 is 11.3 Å². The second-order valence-corrected chi connectivity index (χ2v) is 9.28. The molecule has 3 aromatic rings. The lowest BCUT2D eigenvalue weighted by atomic mass is 9.98. The Hall–Kier alpha value is -3.72. The molecule has 1 aromatic heterocycles. The van der Waals surface area contributed by atoms with E-state index in [2.05, 4.69) is 27.8 Å². The van der Waals surface area contributed by atoms with Crippen molar-refractivity contribution in [2.75, 3.05) is 6.61 Å². The van der Waals surface area contributed by atoms with Gasteiger partial charge in [0.1, 0.15) is 17.7 Å². The van der Waals surface area contributed by atoms with Gasteiger partial charge in [-0.3, -0.25) is 4.79 Å². The molecule has 1 aliphatic rings. The van der Waals surface area contributed by atoms with Crippen LogP contribution in [0.15, 0.2) is 53.9 Å². The number of hydrogen-bond donors (Lipinski definition) is 3. The number of hydrogen-bond acceptors (Lipinski definition) is 6. The predicted octanol–water partition coefficient (Wildman–Crippen LogP) is 4.02. The summed E-state index contributed by atoms with van der Waals surface area (Å²) in [7, 11) is 0. The van der Waals surface area contributed by atoms with Crippen molar-refractivity contribution in [2.45, 2.75) is 32.4 Å². The SMILES string of the molecule is CC(C)[C@@H](NC(=O)OCC1c2ccccc2-c2ccccc21)C(=O)NCc1nc(C(=O)O)cs1. The van der Waals surface area contributed by atoms with Crippen molar-refractivity contribution in [2.24, 2.45) is 5.92 Å². The van der Waals surface area contributed by atoms with Crippen LogP contribution in [0.3, 0.4) is 0 Å². The summed E-state index contributed by atoms with van der Waals surface area (Å²) in [6.45, 7) is 3.87. The number of carbonyl (C=O) groups is 3. The Labute approximate surface area is 201 Å². The first kappa shape index (κ1) is 23.4. The van der Waals surface area contributed by atoms with Crippen LogP contribution in [-0.4, -0.2) is 40.7 Å². The van der Waals surface area contributed by atoms with Gasteiger partial charge < -0.3 is 20.5 Å². The maximum atomic E-state index is 12.7. The molecule has 0 fully saturated rings. The van der Waals surface area contributed by atoms with E-state index >= 15 is 0 Å². The Bertz CT molecular complexity index is 1180. The van der Waals surface area contributed by atoms with E-state index < -0.39 is 24.0 Å². The molecule has 34 heavy (non-hydrogen) atoms. The van der Waals surface area contributed by atoms with E-state index in [4.69, 9.17) is 9.84 Å². The summed E-state index contributed by atoms with van der Waals surface area (Å²) in [5.74, 6) is -1.77. The van der Waals surface area contributed by atoms with Crippen molar-refractivity contribution in [3.8, 4) is 11.1 Å². The standard InChI is InChI=1S/C25H25N3O5S/c1-14(2)22(23(29)26-11-21-27-20(13-34-21)24(30)31)28-25(32)33-12-19-17-9-5-3-7-15(17)16-8-4-6-10-18(16)19/h3-10,13-14,19,22H,11-12H2,1-2H3,(H,26,29)(H,28,32)(H,30,31)/t22-/m1/s1. The number of benzene rings is 2. The summed E-state index contributed by atoms with van der Waals surface area (Å²) in [6, 6.07) is 15.3. The summed E-state index contributed by atoms with van der Waals surface area (Å²) in [6.07, 6.45) is -0.668. The lowest BCUT2D eigenvalue weighted by Gasteiger charge is -2.22. The number of rotatable bonds is 8. The fourth-order valence-corrected chi connectivity index (χ4v) is 4.77. The van der Waals surface area contributed by atoms with Crippen molar-refractivity contribution >= 4 is 29.3 Å². The predicted molar refractivity (Wildman–Crippen MR) is 128 cm³/mol. The maximum absolute atomic E-state index is 12.7. The first-order valence-corrected chi connectivity index (χ1v) is 11.8. The maximum Gasteiger partial charge on any atom is 0.407 e. The molecule has 3 N–H and O–H groups in total. The molecular weight excluding hydrogens is 454 g/mol. The third kappa shape index (κ3) is 4.94. The van der Waals surface area contributed by atoms with Crippen LogP contribution < -0.4 is 10.6 Å². The highest BCUT2D eigenvalue weighted by molar-refractivity contribution is 7.09. The Morgan fingerprint density at radius 1 is 1.06 bits per heavy atom. The lowest BCUT2D eigenvalue weighted by molar-refractivity contribution is -0.124. The van der Waals surface area contributed by atoms with Gasteiger partial charge in [0.05, 0.1) is 6.54 Å². The Kier molecular flexibility index (Phi) is 6.93. The van der Waals surface area contributed by atoms with Crippen molar-refractivity contribution in [3.05, 3.63) is 75.7 Å². The Balaban J connectivity index is 1.36. The number of thiazole rings is 1. The molecule has 1 aliphatic carbocycles. The number of amides is 2. The average molecular weight is 480 g/mol. The van der Waals surface area contributed by atoms with Gasteiger partial charge in [0, 0.05) is 11.3 Å². The van der Waals surface area contributed by atoms with E-state index in [0.717, 1.165) is 33.6 Å². The van der Waals surface area contributed by atoms with E-state index in [-0.39, 0.29) is 30.7 Å². The zero-order chi connectivity index (χ0) is 24.2. The smallest absolute Gasteiger partial charge is 0.407 e. The first-order chi connectivity index (χ1) is 16.3. The van der Waals surface area contributed by atoms with Gasteiger partial charge in [-0.1, -0.05) is 62.4 Å². The minimum Gasteiger partial charge on any atom is -0.476 e. The topological polar surface area (TPSA) is 118 Å². The van der Waals surface area contributed by atoms with Gasteiger partial charge in [-0.05, 0) is 28.2 Å². The van der Waals surface area contributed by atoms with Gasteiger partial charge >= 0.3 is 12.1 Å². The van der Waals surface area contributed by atoms with Crippen molar-refractivity contribution < 1.29 is 24.2 Å². The molecule has 0 aliphatic heterocycles. The number of nitrogens with zero attached hydrogens (tertiary/aromatic N) is 1. The van der Waals surface area contributed by atoms with Gasteiger partial charge in [0.15, 0.2) is 5.69 Å². The van der Waals surface area contributed by atoms with E-state index in [0.29, 0.717) is 5.01 Å². The quantitative estimate of drug-likeness (QED) is 0.449. The highest BCUT2D eigenvalue weighted by Crippen LogP contribution is 2.44. The van der Waals surface area contributed by atoms with Crippen molar-refractivity contribution in [1.82, 2.24) is 15.6 Å². The summed E-state index contributed by atoms with van der Waals surface area (Å²) >= 11 is 1.15. The van der Waals surface area contributed by atoms with Crippen LogP contribution in [0.4, 0.5) is 4.79 Å². The normalized spacial score (nSPS) is 13.1. The molecule has 0 unspecified atom stereocenters. The van der Waals surface area contributed by atoms with Crippen LogP contribution in [0.25, 0.3) is 11.1 Å². The fourth-order valence-electron chi connectivity index (χ4n) is 4.07. The van der Waals surface area contributed by atoms with Gasteiger partial charge in [-0.25, -0.2) is 14.6 Å². The molecule has 1 atom stereocenters. The van der Waals surface area contributed by atoms with E-state index in [1.165, 1.54) is 5.38 Å². The third-order valence-electron chi connectivity index (χ3n) is 5.75. The highest BCUT2D eigenvalue weighted by Gasteiger charge is 2.30. The molecule has 0 spiro atoms. The van der Waals surface area contributed by atoms with Crippen LogP contribution in [0.5, 0.6) is 0 Å². The largest absolute Gasteiger partial charge is 0.476 e. The fraction of sp³-hybridized carbons (Fsp3) is 0.280. The molecule has 9 heteroatoms. The molecule has 176 valence electrons. The van der Waals surface area contributed by atoms with Crippen molar-refractivity contribution in [3.63, 3.8) is 0 Å². The van der Waals surface area contributed by atoms with Crippen LogP contribution in [0, 0.1) is 5.92 Å². The molecule has 0 radical (unpaired) electrons. The van der Waals surface area contributed by atoms with Crippen LogP contribution in [-0.2, 0) is 16.1 Å². The number of nitrogens with one attached hydrogen (secondary N) is 2. The summed E-state index contributed by atoms with van der Waals surface area (Å²) in [5, 5.41) is 16.2. The molecule has 1 heterocycles. The monoisotopic (exact) mass is 479 g/mol. The van der Waals surface area contributed by atoms with E-state index in [1.807, 2.05) is 50.2 Å². The molecule has 8 nitrogen and oxygen atoms in total. The van der Waals surface area contributed by atoms with E-state index in [1.54, 1.807) is 0 Å². The van der Waals surface area contributed by atoms with Crippen molar-refractivity contribution in [1.29, 1.82) is 0 Å². The Morgan fingerprint density at radius 2 is 1.68 bits per heavy atom. The molecule has 0 saturated carbocycles. The second-order valence-electron chi connectivity index (χ2n) is 8.34. The molecule has 2 amide bonds. The highest BCUT2D eigenvalue weighted by atomic mass is 32.1. The number of aromatic nitrogens is 1. The number of ether oxygens (including phenoxy) is 1. The molecule has 2 aromatic carbocycles. The van der Waals surface area contributed by atoms with Crippen LogP contribution in [0.1, 0.15) is 46.4 Å². The zero-order valence-corrected chi connectivity index (χ0v) is 19.6. The summed E-state index contributed by atoms with van der Waals surface area (Å²) in [4.78, 5) is 40.2. The molecular formula is C25H25N3O5S. The van der Waals surface area contributed by atoms with E-state index in [9.17, 15) is 14.4 Å². The van der Waals surface area contributed by atoms with Gasteiger partial charge in [-0.15, -0.1) is 11.3 Å². The number of alkyl carbamates (subject to hydrolysis) is 1. The number of aromatic carboxylic acids is 1. The van der Waals surface area contributed by atoms with Gasteiger partial charge in [0.25, 0.3) is 0 Å². The second kappa shape index (κ2) is 10.0. The first-order valence-electron chi connectivity index (χ1n) is 10.9. The molecule has 0 bridgehead atoms. The minimum atomic E-state index is -1.12. The Morgan fingerprint density at radius 3 is 2.24 bits per heavy atom. The number of carboxylic acid groups (broad SMARTS) is 1. The summed E-state index contributed by atoms with van der Waals surface area (Å²) in [5.41, 5.74) is 4.43. The number of carboxylic acids is 1. The minimum absolute atomic E-state index is 0.0635. The zero-order valence-electron chi connectivity index (χ0n) is 18.8. The third-order valence-corrected chi connectivity index (χ3v) is 6.60. The van der Waals surface area contributed by atoms with Crippen LogP contribution in [0.2, 0.25) is 0 Å². The number of carbonyl (C=O) groups excluding carboxylic acids is 2. The number of fused-ring (bicyclic) bond motifs is 3. The van der Waals surface area contributed by atoms with Gasteiger partial charge in [-0.2, -0.15) is 0 Å². The average Bonchev–Trinajstić information content (AvgIpc) is 3.43. The molecule has 4 rings (SSSR count). The summed E-state index contributed by atoms with van der Waals surface area (Å²) < 4.78 is 5.56. The molecule has 0 saturated heterocycles. The van der Waals surface area contributed by atoms with Gasteiger partial charge in [0.2, 0.25) is 5.91 Å².